The van der Waals surface area contributed by atoms with E-state index in [1.165, 1.54) is 32.4 Å². The molecule has 0 saturated carbocycles. The van der Waals surface area contributed by atoms with Gasteiger partial charge in [0.25, 0.3) is 10.0 Å². The molecule has 0 fully saturated rings. The zero-order chi connectivity index (χ0) is 15.5. The van der Waals surface area contributed by atoms with Gasteiger partial charge in [0.1, 0.15) is 4.90 Å². The number of hydrogen-bond acceptors (Lipinski definition) is 7. The molecule has 0 aliphatic carbocycles. The van der Waals surface area contributed by atoms with Crippen LogP contribution >= 0.6 is 0 Å². The molecule has 1 aromatic carbocycles. The Labute approximate surface area is 122 Å². The molecule has 0 amide bonds. The van der Waals surface area contributed by atoms with Gasteiger partial charge in [-0.2, -0.15) is 9.97 Å². The average Bonchev–Trinajstić information content (AvgIpc) is 2.46. The largest absolute Gasteiger partial charge is 0.481 e. The topological polar surface area (TPSA) is 116 Å². The van der Waals surface area contributed by atoms with E-state index < -0.39 is 10.0 Å². The molecule has 1 aromatic heterocycles. The highest BCUT2D eigenvalue weighted by molar-refractivity contribution is 7.92. The summed E-state index contributed by atoms with van der Waals surface area (Å²) < 4.78 is 36.7. The van der Waals surface area contributed by atoms with Crippen molar-refractivity contribution < 1.29 is 17.9 Å². The number of rotatable bonds is 5. The molecule has 0 bridgehead atoms. The molecule has 112 valence electrons. The number of methoxy groups -OCH3 is 2. The number of sulfonamides is 1. The normalized spacial score (nSPS) is 11.0. The van der Waals surface area contributed by atoms with Crippen LogP contribution in [0.25, 0.3) is 0 Å². The van der Waals surface area contributed by atoms with Crippen molar-refractivity contribution in [2.24, 2.45) is 0 Å². The molecule has 0 aliphatic rings. The minimum atomic E-state index is -3.91. The van der Waals surface area contributed by atoms with Gasteiger partial charge in [0.15, 0.2) is 0 Å². The van der Waals surface area contributed by atoms with Crippen LogP contribution in [0.3, 0.4) is 0 Å². The number of benzene rings is 1. The van der Waals surface area contributed by atoms with Gasteiger partial charge in [-0.05, 0) is 12.1 Å². The third-order valence-corrected chi connectivity index (χ3v) is 3.93. The van der Waals surface area contributed by atoms with Gasteiger partial charge in [0, 0.05) is 0 Å². The molecule has 2 aromatic rings. The van der Waals surface area contributed by atoms with Crippen LogP contribution in [0.4, 0.5) is 11.6 Å². The molecule has 9 heteroatoms. The first kappa shape index (κ1) is 14.9. The lowest BCUT2D eigenvalue weighted by molar-refractivity contribution is 0.373. The lowest BCUT2D eigenvalue weighted by Crippen LogP contribution is -2.17. The quantitative estimate of drug-likeness (QED) is 0.787. The van der Waals surface area contributed by atoms with Crippen LogP contribution in [0.5, 0.6) is 11.8 Å². The van der Waals surface area contributed by atoms with Crippen molar-refractivity contribution in [2.45, 2.75) is 4.90 Å². The highest BCUT2D eigenvalue weighted by Crippen LogP contribution is 2.22. The lowest BCUT2D eigenvalue weighted by atomic mass is 10.3. The summed E-state index contributed by atoms with van der Waals surface area (Å²) >= 11 is 0. The standard InChI is InChI=1S/C12H14N4O4S/c1-19-10-7-11(20-2)15-12(14-10)16-21(17,18)9-6-4-3-5-8(9)13/h3-7H,13H2,1-2H3,(H,14,15,16). The van der Waals surface area contributed by atoms with Crippen LogP contribution < -0.4 is 19.9 Å². The maximum absolute atomic E-state index is 12.3. The Morgan fingerprint density at radius 2 is 1.67 bits per heavy atom. The summed E-state index contributed by atoms with van der Waals surface area (Å²) in [6.45, 7) is 0. The Balaban J connectivity index is 2.39. The van der Waals surface area contributed by atoms with Crippen molar-refractivity contribution in [3.8, 4) is 11.8 Å². The zero-order valence-corrected chi connectivity index (χ0v) is 12.2. The summed E-state index contributed by atoms with van der Waals surface area (Å²) in [6.07, 6.45) is 0. The van der Waals surface area contributed by atoms with E-state index >= 15 is 0 Å². The van der Waals surface area contributed by atoms with E-state index in [1.54, 1.807) is 12.1 Å². The second-order valence-electron chi connectivity index (χ2n) is 3.92. The average molecular weight is 310 g/mol. The van der Waals surface area contributed by atoms with Gasteiger partial charge >= 0.3 is 0 Å². The van der Waals surface area contributed by atoms with Crippen LogP contribution in [0.1, 0.15) is 0 Å². The smallest absolute Gasteiger partial charge is 0.266 e. The van der Waals surface area contributed by atoms with Crippen molar-refractivity contribution >= 4 is 21.7 Å². The summed E-state index contributed by atoms with van der Waals surface area (Å²) in [4.78, 5) is 7.73. The maximum Gasteiger partial charge on any atom is 0.266 e. The minimum absolute atomic E-state index is 0.0598. The van der Waals surface area contributed by atoms with Gasteiger partial charge in [0.05, 0.1) is 26.0 Å². The highest BCUT2D eigenvalue weighted by Gasteiger charge is 2.19. The van der Waals surface area contributed by atoms with E-state index in [0.717, 1.165) is 0 Å². The van der Waals surface area contributed by atoms with Crippen molar-refractivity contribution in [3.63, 3.8) is 0 Å². The number of nitrogens with one attached hydrogen (secondary N) is 1. The third-order valence-electron chi connectivity index (χ3n) is 2.53. The first-order valence-corrected chi connectivity index (χ1v) is 7.29. The summed E-state index contributed by atoms with van der Waals surface area (Å²) in [5, 5.41) is 0. The van der Waals surface area contributed by atoms with Gasteiger partial charge in [-0.1, -0.05) is 12.1 Å². The molecular weight excluding hydrogens is 296 g/mol. The van der Waals surface area contributed by atoms with E-state index in [0.29, 0.717) is 0 Å². The molecule has 0 radical (unpaired) electrons. The van der Waals surface area contributed by atoms with Crippen LogP contribution in [0, 0.1) is 0 Å². The fourth-order valence-electron chi connectivity index (χ4n) is 1.56. The van der Waals surface area contributed by atoms with Crippen LogP contribution in [0.2, 0.25) is 0 Å². The van der Waals surface area contributed by atoms with E-state index in [9.17, 15) is 8.42 Å². The predicted octanol–water partition coefficient (Wildman–Crippen LogP) is 0.877. The Morgan fingerprint density at radius 3 is 2.19 bits per heavy atom. The summed E-state index contributed by atoms with van der Waals surface area (Å²) in [5.41, 5.74) is 5.79. The van der Waals surface area contributed by atoms with Crippen molar-refractivity contribution in [1.82, 2.24) is 9.97 Å². The number of anilines is 2. The highest BCUT2D eigenvalue weighted by atomic mass is 32.2. The molecule has 1 heterocycles. The Kier molecular flexibility index (Phi) is 4.13. The number of ether oxygens (including phenoxy) is 2. The SMILES string of the molecule is COc1cc(OC)nc(NS(=O)(=O)c2ccccc2N)n1. The Hall–Kier alpha value is -2.55. The number of nitrogens with zero attached hydrogens (tertiary/aromatic N) is 2. The molecule has 0 spiro atoms. The Bertz CT molecular complexity index is 726. The summed E-state index contributed by atoms with van der Waals surface area (Å²) in [7, 11) is -1.11. The van der Waals surface area contributed by atoms with E-state index in [2.05, 4.69) is 14.7 Å². The maximum atomic E-state index is 12.3. The van der Waals surface area contributed by atoms with Gasteiger partial charge in [-0.25, -0.2) is 13.1 Å². The minimum Gasteiger partial charge on any atom is -0.481 e. The molecular formula is C12H14N4O4S. The zero-order valence-electron chi connectivity index (χ0n) is 11.4. The molecule has 0 aliphatic heterocycles. The predicted molar refractivity (Wildman–Crippen MR) is 76.8 cm³/mol. The van der Waals surface area contributed by atoms with Gasteiger partial charge in [-0.3, -0.25) is 0 Å². The number of nitrogens with two attached hydrogens (primary N) is 1. The van der Waals surface area contributed by atoms with E-state index in [1.807, 2.05) is 0 Å². The molecule has 0 atom stereocenters. The Morgan fingerprint density at radius 1 is 1.10 bits per heavy atom. The van der Waals surface area contributed by atoms with Crippen molar-refractivity contribution in [2.75, 3.05) is 24.7 Å². The van der Waals surface area contributed by atoms with E-state index in [-0.39, 0.29) is 28.3 Å². The molecule has 2 rings (SSSR count). The van der Waals surface area contributed by atoms with E-state index in [4.69, 9.17) is 15.2 Å². The fraction of sp³-hybridized carbons (Fsp3) is 0.167. The first-order chi connectivity index (χ1) is 9.96. The third kappa shape index (κ3) is 3.31. The second-order valence-corrected chi connectivity index (χ2v) is 5.57. The molecule has 8 nitrogen and oxygen atoms in total. The van der Waals surface area contributed by atoms with Crippen molar-refractivity contribution in [1.29, 1.82) is 0 Å². The molecule has 0 saturated heterocycles. The van der Waals surface area contributed by atoms with Gasteiger partial charge in [-0.15, -0.1) is 0 Å². The van der Waals surface area contributed by atoms with Crippen LogP contribution in [-0.2, 0) is 10.0 Å². The summed E-state index contributed by atoms with van der Waals surface area (Å²) in [5.74, 6) is 0.163. The number of aromatic nitrogens is 2. The number of para-hydroxylation sites is 1. The second kappa shape index (κ2) is 5.83. The summed E-state index contributed by atoms with van der Waals surface area (Å²) in [6, 6.07) is 7.50. The monoisotopic (exact) mass is 310 g/mol. The number of hydrogen-bond donors (Lipinski definition) is 2. The molecule has 3 N–H and O–H groups in total. The fourth-order valence-corrected chi connectivity index (χ4v) is 2.64. The van der Waals surface area contributed by atoms with Crippen LogP contribution in [0.15, 0.2) is 35.2 Å². The van der Waals surface area contributed by atoms with Crippen molar-refractivity contribution in [3.05, 3.63) is 30.3 Å². The lowest BCUT2D eigenvalue weighted by Gasteiger charge is -2.10. The molecule has 0 unspecified atom stereocenters. The van der Waals surface area contributed by atoms with Gasteiger partial charge in [0.2, 0.25) is 17.7 Å². The first-order valence-electron chi connectivity index (χ1n) is 5.80. The molecule has 21 heavy (non-hydrogen) atoms. The number of nitrogen functional groups attached to an aromatic ring is 1. The van der Waals surface area contributed by atoms with Gasteiger partial charge < -0.3 is 15.2 Å². The van der Waals surface area contributed by atoms with Crippen LogP contribution in [-0.4, -0.2) is 32.6 Å².